The number of fused-ring (bicyclic) bond motifs is 1. The highest BCUT2D eigenvalue weighted by molar-refractivity contribution is 5.76. The number of aliphatic hydroxyl groups is 1. The quantitative estimate of drug-likeness (QED) is 0.252. The summed E-state index contributed by atoms with van der Waals surface area (Å²) in [6.45, 7) is 12.0. The van der Waals surface area contributed by atoms with Gasteiger partial charge in [0.15, 0.2) is 11.5 Å². The number of rotatable bonds is 17. The van der Waals surface area contributed by atoms with E-state index in [4.69, 9.17) is 9.47 Å². The fourth-order valence-corrected chi connectivity index (χ4v) is 4.20. The van der Waals surface area contributed by atoms with Gasteiger partial charge in [-0.3, -0.25) is 4.79 Å². The lowest BCUT2D eigenvalue weighted by atomic mass is 9.98. The van der Waals surface area contributed by atoms with Gasteiger partial charge in [-0.05, 0) is 49.9 Å². The maximum Gasteiger partial charge on any atom is 0.220 e. The number of hydrogen-bond acceptors (Lipinski definition) is 5. The first-order valence-electron chi connectivity index (χ1n) is 12.8. The van der Waals surface area contributed by atoms with E-state index in [1.54, 1.807) is 0 Å². The third kappa shape index (κ3) is 9.76. The molecule has 6 nitrogen and oxygen atoms in total. The number of ether oxygens (including phenoxy) is 2. The second-order valence-electron chi connectivity index (χ2n) is 8.89. The van der Waals surface area contributed by atoms with Crippen molar-refractivity contribution in [1.29, 1.82) is 0 Å². The predicted molar refractivity (Wildman–Crippen MR) is 134 cm³/mol. The lowest BCUT2D eigenvalue weighted by Crippen LogP contribution is -2.42. The maximum absolute atomic E-state index is 12.7. The molecular weight excluding hydrogens is 416 g/mol. The van der Waals surface area contributed by atoms with E-state index in [1.165, 1.54) is 19.3 Å². The van der Waals surface area contributed by atoms with Crippen LogP contribution in [0.3, 0.4) is 0 Å². The molecule has 0 aromatic heterocycles. The smallest absolute Gasteiger partial charge is 0.220 e. The van der Waals surface area contributed by atoms with Crippen LogP contribution in [0.1, 0.15) is 83.3 Å². The molecule has 2 atom stereocenters. The molecule has 1 aliphatic heterocycles. The van der Waals surface area contributed by atoms with Crippen molar-refractivity contribution in [3.63, 3.8) is 0 Å². The zero-order valence-corrected chi connectivity index (χ0v) is 20.7. The second kappa shape index (κ2) is 15.7. The lowest BCUT2D eigenvalue weighted by Gasteiger charge is -2.29. The van der Waals surface area contributed by atoms with Crippen LogP contribution in [-0.4, -0.2) is 54.8 Å². The van der Waals surface area contributed by atoms with Crippen molar-refractivity contribution in [2.75, 3.05) is 32.8 Å². The SMILES string of the molecule is C=CCCN(CCC)CC[C@@H](NC(=O)CCCCCCC)[C@H](O)c1ccc2c(c1)OCCO2. The number of unbranched alkanes of at least 4 members (excludes halogenated alkanes) is 4. The predicted octanol–water partition coefficient (Wildman–Crippen LogP) is 5.01. The Bertz CT molecular complexity index is 709. The van der Waals surface area contributed by atoms with E-state index < -0.39 is 6.10 Å². The lowest BCUT2D eigenvalue weighted by molar-refractivity contribution is -0.122. The molecule has 0 aliphatic carbocycles. The molecular formula is C27H44N2O4. The number of carbonyl (C=O) groups excluding carboxylic acids is 1. The fraction of sp³-hybridized carbons (Fsp3) is 0.667. The van der Waals surface area contributed by atoms with Gasteiger partial charge in [-0.2, -0.15) is 0 Å². The molecule has 0 fully saturated rings. The van der Waals surface area contributed by atoms with E-state index >= 15 is 0 Å². The number of amides is 1. The van der Waals surface area contributed by atoms with Crippen LogP contribution in [-0.2, 0) is 4.79 Å². The van der Waals surface area contributed by atoms with Gasteiger partial charge in [-0.15, -0.1) is 6.58 Å². The molecule has 33 heavy (non-hydrogen) atoms. The van der Waals surface area contributed by atoms with Gasteiger partial charge < -0.3 is 24.8 Å². The van der Waals surface area contributed by atoms with Crippen LogP contribution in [0.4, 0.5) is 0 Å². The largest absolute Gasteiger partial charge is 0.486 e. The Morgan fingerprint density at radius 1 is 1.09 bits per heavy atom. The molecule has 0 unspecified atom stereocenters. The summed E-state index contributed by atoms with van der Waals surface area (Å²) in [5.74, 6) is 1.36. The van der Waals surface area contributed by atoms with E-state index in [0.29, 0.717) is 37.6 Å². The third-order valence-electron chi connectivity index (χ3n) is 6.09. The Kier molecular flexibility index (Phi) is 13.0. The molecule has 1 amide bonds. The summed E-state index contributed by atoms with van der Waals surface area (Å²) in [5.41, 5.74) is 0.737. The summed E-state index contributed by atoms with van der Waals surface area (Å²) in [6, 6.07) is 5.18. The van der Waals surface area contributed by atoms with Crippen LogP contribution in [0.2, 0.25) is 0 Å². The van der Waals surface area contributed by atoms with Crippen molar-refractivity contribution in [3.8, 4) is 11.5 Å². The van der Waals surface area contributed by atoms with Crippen molar-refractivity contribution < 1.29 is 19.4 Å². The first-order chi connectivity index (χ1) is 16.1. The zero-order valence-electron chi connectivity index (χ0n) is 20.7. The van der Waals surface area contributed by atoms with Crippen molar-refractivity contribution in [2.45, 2.75) is 83.8 Å². The summed E-state index contributed by atoms with van der Waals surface area (Å²) in [7, 11) is 0. The first kappa shape index (κ1) is 27.2. The topological polar surface area (TPSA) is 71.0 Å². The van der Waals surface area contributed by atoms with E-state index in [1.807, 2.05) is 24.3 Å². The molecule has 1 heterocycles. The van der Waals surface area contributed by atoms with Crippen molar-refractivity contribution in [2.24, 2.45) is 0 Å². The summed E-state index contributed by atoms with van der Waals surface area (Å²) >= 11 is 0. The van der Waals surface area contributed by atoms with Gasteiger partial charge in [0.25, 0.3) is 0 Å². The van der Waals surface area contributed by atoms with E-state index in [-0.39, 0.29) is 11.9 Å². The van der Waals surface area contributed by atoms with Crippen LogP contribution in [0.25, 0.3) is 0 Å². The maximum atomic E-state index is 12.7. The van der Waals surface area contributed by atoms with E-state index in [0.717, 1.165) is 50.9 Å². The molecule has 0 spiro atoms. The molecule has 0 radical (unpaired) electrons. The fourth-order valence-electron chi connectivity index (χ4n) is 4.20. The van der Waals surface area contributed by atoms with Gasteiger partial charge >= 0.3 is 0 Å². The molecule has 1 aromatic rings. The number of nitrogens with zero attached hydrogens (tertiary/aromatic N) is 1. The standard InChI is InChI=1S/C27H44N2O4/c1-4-7-9-10-11-12-26(30)28-23(15-18-29(16-6-3)17-8-5-2)27(31)22-13-14-24-25(21-22)33-20-19-32-24/h5,13-14,21,23,27,31H,2,4,6-12,15-20H2,1,3H3,(H,28,30)/t23-,27-/m1/s1. The summed E-state index contributed by atoms with van der Waals surface area (Å²) in [5, 5.41) is 14.4. The van der Waals surface area contributed by atoms with Gasteiger partial charge in [0, 0.05) is 19.5 Å². The van der Waals surface area contributed by atoms with Crippen LogP contribution < -0.4 is 14.8 Å². The highest BCUT2D eigenvalue weighted by Gasteiger charge is 2.25. The Labute approximate surface area is 200 Å². The van der Waals surface area contributed by atoms with Crippen LogP contribution in [0.15, 0.2) is 30.9 Å². The molecule has 1 aliphatic rings. The third-order valence-corrected chi connectivity index (χ3v) is 6.09. The minimum atomic E-state index is -0.812. The van der Waals surface area contributed by atoms with Gasteiger partial charge in [-0.25, -0.2) is 0 Å². The number of benzene rings is 1. The van der Waals surface area contributed by atoms with E-state index in [2.05, 4.69) is 30.6 Å². The zero-order chi connectivity index (χ0) is 23.9. The second-order valence-corrected chi connectivity index (χ2v) is 8.89. The number of hydrogen-bond donors (Lipinski definition) is 2. The molecule has 0 saturated heterocycles. The molecule has 2 rings (SSSR count). The number of aliphatic hydroxyl groups excluding tert-OH is 1. The minimum absolute atomic E-state index is 0.0150. The molecule has 186 valence electrons. The molecule has 2 N–H and O–H groups in total. The summed E-state index contributed by atoms with van der Waals surface area (Å²) in [6.07, 6.45) is 9.83. The highest BCUT2D eigenvalue weighted by Crippen LogP contribution is 2.33. The monoisotopic (exact) mass is 460 g/mol. The van der Waals surface area contributed by atoms with Crippen molar-refractivity contribution in [1.82, 2.24) is 10.2 Å². The molecule has 0 saturated carbocycles. The summed E-state index contributed by atoms with van der Waals surface area (Å²) < 4.78 is 11.3. The molecule has 1 aromatic carbocycles. The molecule has 0 bridgehead atoms. The van der Waals surface area contributed by atoms with Gasteiger partial charge in [0.1, 0.15) is 13.2 Å². The first-order valence-corrected chi connectivity index (χ1v) is 12.8. The van der Waals surface area contributed by atoms with Gasteiger partial charge in [0.2, 0.25) is 5.91 Å². The Balaban J connectivity index is 2.04. The Morgan fingerprint density at radius 3 is 2.58 bits per heavy atom. The van der Waals surface area contributed by atoms with Crippen LogP contribution >= 0.6 is 0 Å². The summed E-state index contributed by atoms with van der Waals surface area (Å²) in [4.78, 5) is 15.1. The van der Waals surface area contributed by atoms with E-state index in [9.17, 15) is 9.90 Å². The average Bonchev–Trinajstić information content (AvgIpc) is 2.84. The number of nitrogens with one attached hydrogen (secondary N) is 1. The minimum Gasteiger partial charge on any atom is -0.486 e. The van der Waals surface area contributed by atoms with Crippen molar-refractivity contribution >= 4 is 5.91 Å². The Hall–Kier alpha value is -2.05. The average molecular weight is 461 g/mol. The molecule has 6 heteroatoms. The normalized spacial score (nSPS) is 14.7. The Morgan fingerprint density at radius 2 is 1.85 bits per heavy atom. The van der Waals surface area contributed by atoms with Crippen LogP contribution in [0, 0.1) is 0 Å². The highest BCUT2D eigenvalue weighted by atomic mass is 16.6. The van der Waals surface area contributed by atoms with Crippen LogP contribution in [0.5, 0.6) is 11.5 Å². The van der Waals surface area contributed by atoms with Gasteiger partial charge in [-0.1, -0.05) is 51.7 Å². The van der Waals surface area contributed by atoms with Crippen molar-refractivity contribution in [3.05, 3.63) is 36.4 Å². The van der Waals surface area contributed by atoms with Gasteiger partial charge in [0.05, 0.1) is 12.1 Å². The number of carbonyl (C=O) groups is 1.